The van der Waals surface area contributed by atoms with Gasteiger partial charge in [0.2, 0.25) is 0 Å². The fourth-order valence-electron chi connectivity index (χ4n) is 1.98. The quantitative estimate of drug-likeness (QED) is 0.709. The third-order valence-electron chi connectivity index (χ3n) is 3.72. The van der Waals surface area contributed by atoms with Crippen LogP contribution in [0, 0.1) is 0 Å². The Balaban J connectivity index is 1.71. The molecule has 8 nitrogen and oxygen atoms in total. The van der Waals surface area contributed by atoms with Crippen LogP contribution in [0.5, 0.6) is 0 Å². The number of anilines is 1. The highest BCUT2D eigenvalue weighted by molar-refractivity contribution is 5.23. The van der Waals surface area contributed by atoms with E-state index in [2.05, 4.69) is 11.9 Å². The lowest BCUT2D eigenvalue weighted by Gasteiger charge is -2.23. The van der Waals surface area contributed by atoms with Crippen molar-refractivity contribution in [2.75, 3.05) is 32.2 Å². The first-order chi connectivity index (χ1) is 10.9. The van der Waals surface area contributed by atoms with E-state index in [1.165, 1.54) is 4.57 Å². The highest BCUT2D eigenvalue weighted by Gasteiger charge is 2.28. The van der Waals surface area contributed by atoms with Crippen molar-refractivity contribution < 1.29 is 18.9 Å². The van der Waals surface area contributed by atoms with Gasteiger partial charge in [0.25, 0.3) is 0 Å². The van der Waals surface area contributed by atoms with Gasteiger partial charge in [-0.25, -0.2) is 4.79 Å². The Hall–Kier alpha value is -1.48. The summed E-state index contributed by atoms with van der Waals surface area (Å²) >= 11 is 0. The normalized spacial score (nSPS) is 21.7. The van der Waals surface area contributed by atoms with Crippen molar-refractivity contribution in [3.8, 4) is 0 Å². The molecule has 2 unspecified atom stereocenters. The number of aromatic nitrogens is 2. The van der Waals surface area contributed by atoms with Crippen LogP contribution in [0.25, 0.3) is 0 Å². The van der Waals surface area contributed by atoms with Gasteiger partial charge in [-0.2, -0.15) is 4.98 Å². The maximum absolute atomic E-state index is 11.7. The molecule has 2 atom stereocenters. The molecule has 2 N–H and O–H groups in total. The van der Waals surface area contributed by atoms with Gasteiger partial charge in [-0.05, 0) is 26.3 Å². The first kappa shape index (κ1) is 17.9. The number of hydrogen-bond acceptors (Lipinski definition) is 7. The average Bonchev–Trinajstić information content (AvgIpc) is 2.95. The zero-order valence-corrected chi connectivity index (χ0v) is 13.9. The SMILES string of the molecule is CCC(C)(C)OCCOCC1OCC(n2ccc(N)nc2=O)O1. The summed E-state index contributed by atoms with van der Waals surface area (Å²) in [6, 6.07) is 1.54. The third kappa shape index (κ3) is 5.28. The smallest absolute Gasteiger partial charge is 0.351 e. The highest BCUT2D eigenvalue weighted by atomic mass is 16.7. The number of nitrogens with two attached hydrogens (primary N) is 1. The summed E-state index contributed by atoms with van der Waals surface area (Å²) in [5.41, 5.74) is 4.86. The molecule has 1 aromatic heterocycles. The second kappa shape index (κ2) is 7.87. The minimum Gasteiger partial charge on any atom is -0.383 e. The zero-order valence-electron chi connectivity index (χ0n) is 13.9. The van der Waals surface area contributed by atoms with Crippen molar-refractivity contribution in [1.29, 1.82) is 0 Å². The molecule has 8 heteroatoms. The molecule has 0 saturated carbocycles. The van der Waals surface area contributed by atoms with Crippen LogP contribution in [0.15, 0.2) is 17.1 Å². The molecule has 1 aliphatic heterocycles. The summed E-state index contributed by atoms with van der Waals surface area (Å²) in [5, 5.41) is 0. The molecule has 130 valence electrons. The molecule has 0 bridgehead atoms. The Morgan fingerprint density at radius 2 is 2.26 bits per heavy atom. The highest BCUT2D eigenvalue weighted by Crippen LogP contribution is 2.19. The predicted octanol–water partition coefficient (Wildman–Crippen LogP) is 0.919. The Morgan fingerprint density at radius 1 is 1.48 bits per heavy atom. The average molecular weight is 327 g/mol. The van der Waals surface area contributed by atoms with Gasteiger partial charge >= 0.3 is 5.69 Å². The standard InChI is InChI=1S/C15H25N3O5/c1-4-15(2,3)22-8-7-20-10-13-21-9-12(23-13)18-6-5-11(16)17-14(18)19/h5-6,12-13H,4,7-10H2,1-3H3,(H2,16,17,19). The molecular weight excluding hydrogens is 302 g/mol. The number of hydrogen-bond donors (Lipinski definition) is 1. The van der Waals surface area contributed by atoms with Gasteiger partial charge in [0, 0.05) is 6.20 Å². The molecule has 0 spiro atoms. The molecular formula is C15H25N3O5. The van der Waals surface area contributed by atoms with Crippen LogP contribution in [-0.4, -0.2) is 47.9 Å². The lowest BCUT2D eigenvalue weighted by Crippen LogP contribution is -2.29. The third-order valence-corrected chi connectivity index (χ3v) is 3.72. The van der Waals surface area contributed by atoms with Crippen LogP contribution in [0.4, 0.5) is 5.82 Å². The van der Waals surface area contributed by atoms with E-state index in [1.807, 2.05) is 13.8 Å². The van der Waals surface area contributed by atoms with Crippen LogP contribution in [0.1, 0.15) is 33.4 Å². The molecule has 1 aromatic rings. The van der Waals surface area contributed by atoms with Gasteiger partial charge < -0.3 is 24.7 Å². The van der Waals surface area contributed by atoms with Crippen LogP contribution in [0.3, 0.4) is 0 Å². The van der Waals surface area contributed by atoms with E-state index in [9.17, 15) is 4.79 Å². The van der Waals surface area contributed by atoms with Crippen molar-refractivity contribution in [2.24, 2.45) is 0 Å². The van der Waals surface area contributed by atoms with E-state index >= 15 is 0 Å². The van der Waals surface area contributed by atoms with Crippen LogP contribution < -0.4 is 11.4 Å². The molecule has 0 aliphatic carbocycles. The second-order valence-corrected chi connectivity index (χ2v) is 5.93. The number of nitrogen functional groups attached to an aromatic ring is 1. The Kier molecular flexibility index (Phi) is 6.11. The number of rotatable bonds is 8. The van der Waals surface area contributed by atoms with E-state index < -0.39 is 18.2 Å². The predicted molar refractivity (Wildman–Crippen MR) is 83.9 cm³/mol. The Bertz CT molecular complexity index is 560. The molecule has 1 aliphatic rings. The summed E-state index contributed by atoms with van der Waals surface area (Å²) < 4.78 is 23.6. The van der Waals surface area contributed by atoms with Gasteiger partial charge in [-0.3, -0.25) is 4.57 Å². The first-order valence-corrected chi connectivity index (χ1v) is 7.75. The van der Waals surface area contributed by atoms with Crippen molar-refractivity contribution in [3.63, 3.8) is 0 Å². The first-order valence-electron chi connectivity index (χ1n) is 7.75. The maximum atomic E-state index is 11.7. The van der Waals surface area contributed by atoms with E-state index in [0.717, 1.165) is 6.42 Å². The lowest BCUT2D eigenvalue weighted by molar-refractivity contribution is -0.125. The largest absolute Gasteiger partial charge is 0.383 e. The number of nitrogens with zero attached hydrogens (tertiary/aromatic N) is 2. The molecule has 2 rings (SSSR count). The van der Waals surface area contributed by atoms with Gasteiger partial charge in [-0.1, -0.05) is 6.92 Å². The molecule has 2 heterocycles. The van der Waals surface area contributed by atoms with Crippen molar-refractivity contribution in [3.05, 3.63) is 22.7 Å². The summed E-state index contributed by atoms with van der Waals surface area (Å²) in [6.45, 7) is 7.68. The maximum Gasteiger partial charge on any atom is 0.351 e. The minimum atomic E-state index is -0.514. The minimum absolute atomic E-state index is 0.141. The number of ether oxygens (including phenoxy) is 4. The zero-order chi connectivity index (χ0) is 16.9. The van der Waals surface area contributed by atoms with E-state index in [4.69, 9.17) is 24.7 Å². The van der Waals surface area contributed by atoms with E-state index in [0.29, 0.717) is 13.2 Å². The Labute approximate surface area is 135 Å². The second-order valence-electron chi connectivity index (χ2n) is 5.93. The summed E-state index contributed by atoms with van der Waals surface area (Å²) in [6.07, 6.45) is 1.46. The monoisotopic (exact) mass is 327 g/mol. The Morgan fingerprint density at radius 3 is 2.96 bits per heavy atom. The van der Waals surface area contributed by atoms with Gasteiger partial charge in [0.15, 0.2) is 12.5 Å². The van der Waals surface area contributed by atoms with Gasteiger partial charge in [0.1, 0.15) is 5.82 Å². The van der Waals surface area contributed by atoms with Crippen molar-refractivity contribution >= 4 is 5.82 Å². The van der Waals surface area contributed by atoms with Crippen molar-refractivity contribution in [2.45, 2.75) is 45.3 Å². The summed E-state index contributed by atoms with van der Waals surface area (Å²) in [5.74, 6) is 0.181. The fraction of sp³-hybridized carbons (Fsp3) is 0.733. The van der Waals surface area contributed by atoms with E-state index in [1.54, 1.807) is 12.3 Å². The molecule has 1 saturated heterocycles. The van der Waals surface area contributed by atoms with Crippen molar-refractivity contribution in [1.82, 2.24) is 9.55 Å². The van der Waals surface area contributed by atoms with Crippen LogP contribution >= 0.6 is 0 Å². The molecule has 23 heavy (non-hydrogen) atoms. The molecule has 0 amide bonds. The van der Waals surface area contributed by atoms with Gasteiger partial charge in [-0.15, -0.1) is 0 Å². The fourth-order valence-corrected chi connectivity index (χ4v) is 1.98. The van der Waals surface area contributed by atoms with E-state index in [-0.39, 0.29) is 24.6 Å². The van der Waals surface area contributed by atoms with Gasteiger partial charge in [0.05, 0.1) is 32.0 Å². The molecule has 0 aromatic carbocycles. The summed E-state index contributed by atoms with van der Waals surface area (Å²) in [7, 11) is 0. The summed E-state index contributed by atoms with van der Waals surface area (Å²) in [4.78, 5) is 15.4. The van der Waals surface area contributed by atoms with Crippen LogP contribution in [-0.2, 0) is 18.9 Å². The lowest BCUT2D eigenvalue weighted by atomic mass is 10.1. The molecule has 0 radical (unpaired) electrons. The molecule has 1 fully saturated rings. The van der Waals surface area contributed by atoms with Crippen LogP contribution in [0.2, 0.25) is 0 Å². The topological polar surface area (TPSA) is 97.8 Å².